The highest BCUT2D eigenvalue weighted by molar-refractivity contribution is 14.0. The summed E-state index contributed by atoms with van der Waals surface area (Å²) in [4.78, 5) is 7.01. The van der Waals surface area contributed by atoms with Crippen LogP contribution in [-0.2, 0) is 17.8 Å². The summed E-state index contributed by atoms with van der Waals surface area (Å²) in [5.74, 6) is 1.28. The number of nitrogens with zero attached hydrogens (tertiary/aromatic N) is 2. The third-order valence-corrected chi connectivity index (χ3v) is 4.99. The van der Waals surface area contributed by atoms with Gasteiger partial charge in [0, 0.05) is 32.1 Å². The smallest absolute Gasteiger partial charge is 0.193 e. The van der Waals surface area contributed by atoms with Crippen molar-refractivity contribution in [3.8, 4) is 0 Å². The maximum atomic E-state index is 13.8. The number of guanidine groups is 1. The normalized spacial score (nSPS) is 16.6. The number of hydrogen-bond acceptors (Lipinski definition) is 2. The van der Waals surface area contributed by atoms with Gasteiger partial charge in [0.1, 0.15) is 5.82 Å². The van der Waals surface area contributed by atoms with Crippen molar-refractivity contribution >= 4 is 29.9 Å². The number of halogens is 2. The molecule has 1 saturated heterocycles. The van der Waals surface area contributed by atoms with Crippen molar-refractivity contribution in [3.63, 3.8) is 0 Å². The molecule has 1 aliphatic rings. The molecule has 1 fully saturated rings. The van der Waals surface area contributed by atoms with E-state index in [1.807, 2.05) is 30.3 Å². The fourth-order valence-electron chi connectivity index (χ4n) is 3.49. The second-order valence-electron chi connectivity index (χ2n) is 7.18. The lowest BCUT2D eigenvalue weighted by atomic mass is 10.1. The highest BCUT2D eigenvalue weighted by Gasteiger charge is 2.25. The summed E-state index contributed by atoms with van der Waals surface area (Å²) in [6, 6.07) is 17.2. The SMILES string of the molecule is CCNC(=NCCc1ccccc1F)N1CCC(COCc2ccccc2)C1.I. The van der Waals surface area contributed by atoms with E-state index in [-0.39, 0.29) is 29.8 Å². The Balaban J connectivity index is 0.00000300. The molecule has 0 spiro atoms. The monoisotopic (exact) mass is 511 g/mol. The molecule has 0 saturated carbocycles. The minimum absolute atomic E-state index is 0. The molecular formula is C23H31FIN3O. The van der Waals surface area contributed by atoms with Crippen LogP contribution in [0.2, 0.25) is 0 Å². The molecule has 1 unspecified atom stereocenters. The van der Waals surface area contributed by atoms with E-state index in [0.29, 0.717) is 25.5 Å². The summed E-state index contributed by atoms with van der Waals surface area (Å²) in [6.45, 7) is 6.82. The molecule has 0 aliphatic carbocycles. The highest BCUT2D eigenvalue weighted by Crippen LogP contribution is 2.17. The topological polar surface area (TPSA) is 36.9 Å². The van der Waals surface area contributed by atoms with E-state index >= 15 is 0 Å². The number of ether oxygens (including phenoxy) is 1. The lowest BCUT2D eigenvalue weighted by Gasteiger charge is -2.21. The molecule has 1 atom stereocenters. The minimum atomic E-state index is -0.153. The average Bonchev–Trinajstić information content (AvgIpc) is 3.18. The number of aliphatic imine (C=N–C) groups is 1. The Kier molecular flexibility index (Phi) is 10.4. The largest absolute Gasteiger partial charge is 0.376 e. The third-order valence-electron chi connectivity index (χ3n) is 4.99. The van der Waals surface area contributed by atoms with Gasteiger partial charge < -0.3 is 15.0 Å². The fraction of sp³-hybridized carbons (Fsp3) is 0.435. The molecule has 0 amide bonds. The first-order valence-electron chi connectivity index (χ1n) is 10.1. The highest BCUT2D eigenvalue weighted by atomic mass is 127. The number of rotatable bonds is 8. The maximum Gasteiger partial charge on any atom is 0.193 e. The zero-order chi connectivity index (χ0) is 19.6. The predicted octanol–water partition coefficient (Wildman–Crippen LogP) is 4.49. The van der Waals surface area contributed by atoms with Gasteiger partial charge in [-0.2, -0.15) is 0 Å². The van der Waals surface area contributed by atoms with Gasteiger partial charge in [0.25, 0.3) is 0 Å². The van der Waals surface area contributed by atoms with Crippen molar-refractivity contribution in [2.24, 2.45) is 10.9 Å². The molecule has 158 valence electrons. The van der Waals surface area contributed by atoms with Crippen LogP contribution in [0.3, 0.4) is 0 Å². The molecular weight excluding hydrogens is 480 g/mol. The summed E-state index contributed by atoms with van der Waals surface area (Å²) in [5.41, 5.74) is 1.93. The van der Waals surface area contributed by atoms with Gasteiger partial charge in [-0.3, -0.25) is 4.99 Å². The van der Waals surface area contributed by atoms with Crippen LogP contribution in [0.15, 0.2) is 59.6 Å². The van der Waals surface area contributed by atoms with E-state index in [1.54, 1.807) is 6.07 Å². The molecule has 29 heavy (non-hydrogen) atoms. The van der Waals surface area contributed by atoms with Gasteiger partial charge in [-0.1, -0.05) is 48.5 Å². The Hall–Kier alpha value is -1.67. The number of nitrogens with one attached hydrogen (secondary N) is 1. The summed E-state index contributed by atoms with van der Waals surface area (Å²) in [5, 5.41) is 3.37. The molecule has 0 aromatic heterocycles. The summed E-state index contributed by atoms with van der Waals surface area (Å²) < 4.78 is 19.7. The van der Waals surface area contributed by atoms with Gasteiger partial charge in [-0.25, -0.2) is 4.39 Å². The Morgan fingerprint density at radius 3 is 2.69 bits per heavy atom. The number of hydrogen-bond donors (Lipinski definition) is 1. The Morgan fingerprint density at radius 2 is 1.93 bits per heavy atom. The standard InChI is InChI=1S/C23H30FN3O.HI/c1-2-25-23(26-14-12-21-10-6-7-11-22(21)24)27-15-13-20(16-27)18-28-17-19-8-4-3-5-9-19;/h3-11,20H,2,12-18H2,1H3,(H,25,26);1H. The first-order chi connectivity index (χ1) is 13.8. The van der Waals surface area contributed by atoms with E-state index in [1.165, 1.54) is 11.6 Å². The van der Waals surface area contributed by atoms with Gasteiger partial charge >= 0.3 is 0 Å². The van der Waals surface area contributed by atoms with Crippen molar-refractivity contribution in [3.05, 3.63) is 71.5 Å². The van der Waals surface area contributed by atoms with Crippen molar-refractivity contribution in [2.75, 3.05) is 32.8 Å². The van der Waals surface area contributed by atoms with Crippen LogP contribution in [0, 0.1) is 11.7 Å². The van der Waals surface area contributed by atoms with Crippen LogP contribution in [0.25, 0.3) is 0 Å². The Bertz CT molecular complexity index is 757. The average molecular weight is 511 g/mol. The second kappa shape index (κ2) is 12.8. The molecule has 2 aromatic carbocycles. The van der Waals surface area contributed by atoms with Crippen LogP contribution >= 0.6 is 24.0 Å². The molecule has 3 rings (SSSR count). The molecule has 4 nitrogen and oxygen atoms in total. The lowest BCUT2D eigenvalue weighted by Crippen LogP contribution is -2.40. The van der Waals surface area contributed by atoms with Gasteiger partial charge in [0.05, 0.1) is 13.2 Å². The molecule has 1 heterocycles. The van der Waals surface area contributed by atoms with Crippen molar-refractivity contribution in [1.29, 1.82) is 0 Å². The zero-order valence-electron chi connectivity index (χ0n) is 17.0. The predicted molar refractivity (Wildman–Crippen MR) is 127 cm³/mol. The molecule has 6 heteroatoms. The van der Waals surface area contributed by atoms with E-state index in [0.717, 1.165) is 44.2 Å². The van der Waals surface area contributed by atoms with Crippen LogP contribution in [0.4, 0.5) is 4.39 Å². The fourth-order valence-corrected chi connectivity index (χ4v) is 3.49. The Labute approximate surface area is 190 Å². The molecule has 1 aliphatic heterocycles. The van der Waals surface area contributed by atoms with Gasteiger partial charge in [-0.15, -0.1) is 24.0 Å². The van der Waals surface area contributed by atoms with E-state index in [9.17, 15) is 4.39 Å². The molecule has 1 N–H and O–H groups in total. The number of benzene rings is 2. The lowest BCUT2D eigenvalue weighted by molar-refractivity contribution is 0.0907. The van der Waals surface area contributed by atoms with E-state index in [2.05, 4.69) is 29.3 Å². The summed E-state index contributed by atoms with van der Waals surface area (Å²) in [7, 11) is 0. The first kappa shape index (κ1) is 23.6. The van der Waals surface area contributed by atoms with Crippen LogP contribution in [0.5, 0.6) is 0 Å². The molecule has 2 aromatic rings. The van der Waals surface area contributed by atoms with Crippen molar-refractivity contribution < 1.29 is 9.13 Å². The second-order valence-corrected chi connectivity index (χ2v) is 7.18. The van der Waals surface area contributed by atoms with Crippen LogP contribution in [0.1, 0.15) is 24.5 Å². The molecule has 0 radical (unpaired) electrons. The van der Waals surface area contributed by atoms with Crippen molar-refractivity contribution in [1.82, 2.24) is 10.2 Å². The minimum Gasteiger partial charge on any atom is -0.376 e. The van der Waals surface area contributed by atoms with E-state index in [4.69, 9.17) is 9.73 Å². The van der Waals surface area contributed by atoms with Gasteiger partial charge in [0.2, 0.25) is 0 Å². The van der Waals surface area contributed by atoms with E-state index < -0.39 is 0 Å². The molecule has 0 bridgehead atoms. The Morgan fingerprint density at radius 1 is 1.17 bits per heavy atom. The van der Waals surface area contributed by atoms with Gasteiger partial charge in [-0.05, 0) is 37.0 Å². The maximum absolute atomic E-state index is 13.8. The van der Waals surface area contributed by atoms with Crippen molar-refractivity contribution in [2.45, 2.75) is 26.4 Å². The summed E-state index contributed by atoms with van der Waals surface area (Å²) in [6.07, 6.45) is 1.71. The van der Waals surface area contributed by atoms with Gasteiger partial charge in [0.15, 0.2) is 5.96 Å². The first-order valence-corrected chi connectivity index (χ1v) is 10.1. The zero-order valence-corrected chi connectivity index (χ0v) is 19.3. The third kappa shape index (κ3) is 7.59. The van der Waals surface area contributed by atoms with Crippen LogP contribution < -0.4 is 5.32 Å². The summed E-state index contributed by atoms with van der Waals surface area (Å²) >= 11 is 0. The van der Waals surface area contributed by atoms with Crippen LogP contribution in [-0.4, -0.2) is 43.6 Å². The quantitative estimate of drug-likeness (QED) is 0.323. The number of likely N-dealkylation sites (tertiary alicyclic amines) is 1.